The average Bonchev–Trinajstić information content (AvgIpc) is 2.64. The summed E-state index contributed by atoms with van der Waals surface area (Å²) in [6.07, 6.45) is 0. The van der Waals surface area contributed by atoms with Crippen molar-refractivity contribution >= 4 is 29.0 Å². The van der Waals surface area contributed by atoms with Crippen molar-refractivity contribution in [3.05, 3.63) is 77.1 Å². The van der Waals surface area contributed by atoms with Crippen molar-refractivity contribution in [1.29, 1.82) is 0 Å². The molecule has 0 aliphatic heterocycles. The molecular formula is C20H16F2N4O2. The number of halogens is 2. The molecule has 2 aromatic carbocycles. The molecule has 0 spiro atoms. The van der Waals surface area contributed by atoms with Gasteiger partial charge in [-0.25, -0.2) is 18.7 Å². The third kappa shape index (κ3) is 4.53. The molecule has 1 aromatic heterocycles. The van der Waals surface area contributed by atoms with Crippen molar-refractivity contribution in [1.82, 2.24) is 9.97 Å². The van der Waals surface area contributed by atoms with Crippen LogP contribution in [0.3, 0.4) is 0 Å². The Morgan fingerprint density at radius 3 is 2.32 bits per heavy atom. The number of carbonyl (C=O) groups excluding carboxylic acids is 2. The second-order valence-electron chi connectivity index (χ2n) is 6.06. The van der Waals surface area contributed by atoms with Crippen LogP contribution in [-0.4, -0.2) is 21.7 Å². The number of anilines is 3. The van der Waals surface area contributed by atoms with Crippen LogP contribution in [0.5, 0.6) is 0 Å². The summed E-state index contributed by atoms with van der Waals surface area (Å²) in [5, 5.41) is 5.31. The van der Waals surface area contributed by atoms with Gasteiger partial charge in [-0.2, -0.15) is 0 Å². The van der Waals surface area contributed by atoms with E-state index < -0.39 is 17.5 Å². The van der Waals surface area contributed by atoms with Crippen LogP contribution in [0, 0.1) is 18.6 Å². The molecule has 1 heterocycles. The number of nitrogens with one attached hydrogen (secondary N) is 2. The number of nitrogens with zero attached hydrogens (tertiary/aromatic N) is 2. The Morgan fingerprint density at radius 2 is 1.68 bits per heavy atom. The summed E-state index contributed by atoms with van der Waals surface area (Å²) in [5.41, 5.74) is 1.55. The van der Waals surface area contributed by atoms with E-state index in [4.69, 9.17) is 0 Å². The van der Waals surface area contributed by atoms with Crippen molar-refractivity contribution in [2.75, 3.05) is 10.6 Å². The lowest BCUT2D eigenvalue weighted by atomic mass is 10.1. The van der Waals surface area contributed by atoms with E-state index in [9.17, 15) is 18.4 Å². The monoisotopic (exact) mass is 382 g/mol. The number of aromatic nitrogens is 2. The first-order chi connectivity index (χ1) is 13.3. The Morgan fingerprint density at radius 1 is 0.964 bits per heavy atom. The Kier molecular flexibility index (Phi) is 5.39. The minimum absolute atomic E-state index is 0.00239. The molecule has 0 saturated heterocycles. The highest BCUT2D eigenvalue weighted by Crippen LogP contribution is 2.19. The highest BCUT2D eigenvalue weighted by molar-refractivity contribution is 6.03. The van der Waals surface area contributed by atoms with Crippen molar-refractivity contribution in [2.24, 2.45) is 0 Å². The zero-order valence-electron chi connectivity index (χ0n) is 15.1. The maximum absolute atomic E-state index is 13.8. The molecule has 0 bridgehead atoms. The molecule has 28 heavy (non-hydrogen) atoms. The summed E-state index contributed by atoms with van der Waals surface area (Å²) in [5.74, 6) is -2.08. The second kappa shape index (κ2) is 7.91. The van der Waals surface area contributed by atoms with Gasteiger partial charge >= 0.3 is 0 Å². The van der Waals surface area contributed by atoms with Gasteiger partial charge in [0, 0.05) is 23.0 Å². The van der Waals surface area contributed by atoms with E-state index in [1.54, 1.807) is 31.2 Å². The van der Waals surface area contributed by atoms with Crippen LogP contribution in [-0.2, 0) is 0 Å². The predicted molar refractivity (Wildman–Crippen MR) is 101 cm³/mol. The zero-order valence-corrected chi connectivity index (χ0v) is 15.1. The molecule has 0 aliphatic carbocycles. The fourth-order valence-corrected chi connectivity index (χ4v) is 2.44. The maximum Gasteiger partial charge on any atom is 0.274 e. The van der Waals surface area contributed by atoms with E-state index in [2.05, 4.69) is 20.6 Å². The van der Waals surface area contributed by atoms with Crippen molar-refractivity contribution < 1.29 is 18.4 Å². The molecule has 8 heteroatoms. The third-order valence-electron chi connectivity index (χ3n) is 3.81. The number of carbonyl (C=O) groups is 2. The minimum atomic E-state index is -0.804. The molecule has 0 aliphatic rings. The van der Waals surface area contributed by atoms with E-state index in [0.29, 0.717) is 16.9 Å². The van der Waals surface area contributed by atoms with Gasteiger partial charge < -0.3 is 10.6 Å². The van der Waals surface area contributed by atoms with Crippen molar-refractivity contribution in [3.63, 3.8) is 0 Å². The van der Waals surface area contributed by atoms with E-state index in [1.165, 1.54) is 19.1 Å². The normalized spacial score (nSPS) is 10.4. The van der Waals surface area contributed by atoms with Crippen LogP contribution < -0.4 is 10.6 Å². The smallest absolute Gasteiger partial charge is 0.274 e. The first-order valence-corrected chi connectivity index (χ1v) is 8.32. The first-order valence-electron chi connectivity index (χ1n) is 8.32. The molecule has 0 saturated carbocycles. The molecule has 0 fully saturated rings. The van der Waals surface area contributed by atoms with Crippen LogP contribution in [0.2, 0.25) is 0 Å². The van der Waals surface area contributed by atoms with Gasteiger partial charge in [0.15, 0.2) is 5.78 Å². The van der Waals surface area contributed by atoms with E-state index >= 15 is 0 Å². The van der Waals surface area contributed by atoms with Gasteiger partial charge in [-0.05, 0) is 56.3 Å². The number of rotatable bonds is 5. The summed E-state index contributed by atoms with van der Waals surface area (Å²) in [6, 6.07) is 10.9. The highest BCUT2D eigenvalue weighted by atomic mass is 19.1. The molecule has 1 amide bonds. The molecular weight excluding hydrogens is 366 g/mol. The topological polar surface area (TPSA) is 84.0 Å². The van der Waals surface area contributed by atoms with Gasteiger partial charge in [0.2, 0.25) is 5.95 Å². The van der Waals surface area contributed by atoms with E-state index in [1.807, 2.05) is 0 Å². The summed E-state index contributed by atoms with van der Waals surface area (Å²) in [7, 11) is 0. The summed E-state index contributed by atoms with van der Waals surface area (Å²) in [6.45, 7) is 3.11. The van der Waals surface area contributed by atoms with Gasteiger partial charge in [0.05, 0.1) is 5.69 Å². The molecule has 6 nitrogen and oxygen atoms in total. The van der Waals surface area contributed by atoms with E-state index in [0.717, 1.165) is 12.1 Å². The molecule has 3 aromatic rings. The lowest BCUT2D eigenvalue weighted by Gasteiger charge is -2.10. The lowest BCUT2D eigenvalue weighted by molar-refractivity contribution is 0.101. The summed E-state index contributed by atoms with van der Waals surface area (Å²) >= 11 is 0. The largest absolute Gasteiger partial charge is 0.322 e. The number of amides is 1. The van der Waals surface area contributed by atoms with E-state index in [-0.39, 0.29) is 23.1 Å². The number of ketones is 1. The fourth-order valence-electron chi connectivity index (χ4n) is 2.44. The standard InChI is InChI=1S/C20H16F2N4O2/c1-11-9-18(19(28)24-15-6-3-13(4-7-15)12(2)27)26-20(23-11)25-17-8-5-14(21)10-16(17)22/h3-10H,1-2H3,(H,24,28)(H,23,25,26). The average molecular weight is 382 g/mol. The van der Waals surface area contributed by atoms with Crippen molar-refractivity contribution in [3.8, 4) is 0 Å². The SMILES string of the molecule is CC(=O)c1ccc(NC(=O)c2cc(C)nc(Nc3ccc(F)cc3F)n2)cc1. The van der Waals surface area contributed by atoms with Crippen LogP contribution >= 0.6 is 0 Å². The van der Waals surface area contributed by atoms with Gasteiger partial charge in [-0.15, -0.1) is 0 Å². The van der Waals surface area contributed by atoms with Crippen LogP contribution in [0.1, 0.15) is 33.5 Å². The Hall–Kier alpha value is -3.68. The molecule has 3 rings (SSSR count). The number of hydrogen-bond donors (Lipinski definition) is 2. The Labute approximate surface area is 159 Å². The zero-order chi connectivity index (χ0) is 20.3. The Bertz CT molecular complexity index is 1050. The molecule has 0 atom stereocenters. The second-order valence-corrected chi connectivity index (χ2v) is 6.06. The van der Waals surface area contributed by atoms with Crippen LogP contribution in [0.25, 0.3) is 0 Å². The van der Waals surface area contributed by atoms with Gasteiger partial charge in [-0.1, -0.05) is 0 Å². The number of Topliss-reactive ketones (excluding diaryl/α,β-unsaturated/α-hetero) is 1. The fraction of sp³-hybridized carbons (Fsp3) is 0.100. The molecule has 0 radical (unpaired) electrons. The highest BCUT2D eigenvalue weighted by Gasteiger charge is 2.13. The van der Waals surface area contributed by atoms with Gasteiger partial charge in [0.1, 0.15) is 17.3 Å². The molecule has 0 unspecified atom stereocenters. The number of aryl methyl sites for hydroxylation is 1. The summed E-state index contributed by atoms with van der Waals surface area (Å²) in [4.78, 5) is 32.0. The minimum Gasteiger partial charge on any atom is -0.322 e. The maximum atomic E-state index is 13.8. The van der Waals surface area contributed by atoms with Gasteiger partial charge in [0.25, 0.3) is 5.91 Å². The molecule has 2 N–H and O–H groups in total. The van der Waals surface area contributed by atoms with Crippen molar-refractivity contribution in [2.45, 2.75) is 13.8 Å². The molecule has 142 valence electrons. The van der Waals surface area contributed by atoms with Crippen LogP contribution in [0.15, 0.2) is 48.5 Å². The quantitative estimate of drug-likeness (QED) is 0.644. The Balaban J connectivity index is 1.80. The third-order valence-corrected chi connectivity index (χ3v) is 3.81. The number of hydrogen-bond acceptors (Lipinski definition) is 5. The van der Waals surface area contributed by atoms with Gasteiger partial charge in [-0.3, -0.25) is 9.59 Å². The lowest BCUT2D eigenvalue weighted by Crippen LogP contribution is -2.15. The number of benzene rings is 2. The predicted octanol–water partition coefficient (Wildman–Crippen LogP) is 4.26. The first kappa shape index (κ1) is 19.1. The van der Waals surface area contributed by atoms with Crippen LogP contribution in [0.4, 0.5) is 26.1 Å². The summed E-state index contributed by atoms with van der Waals surface area (Å²) < 4.78 is 26.8.